The molecule has 0 aromatic carbocycles. The molecule has 4 nitrogen and oxygen atoms in total. The maximum atomic E-state index is 11.6. The summed E-state index contributed by atoms with van der Waals surface area (Å²) in [6.07, 6.45) is 4.84. The Labute approximate surface area is 125 Å². The van der Waals surface area contributed by atoms with Gasteiger partial charge in [-0.2, -0.15) is 0 Å². The van der Waals surface area contributed by atoms with Gasteiger partial charge >= 0.3 is 0 Å². The molecule has 20 heavy (non-hydrogen) atoms. The quantitative estimate of drug-likeness (QED) is 0.526. The van der Waals surface area contributed by atoms with E-state index in [0.717, 1.165) is 18.0 Å². The average Bonchev–Trinajstić information content (AvgIpc) is 2.67. The van der Waals surface area contributed by atoms with Crippen molar-refractivity contribution >= 4 is 27.8 Å². The van der Waals surface area contributed by atoms with Crippen molar-refractivity contribution in [3.05, 3.63) is 4.88 Å². The molecule has 0 saturated carbocycles. The van der Waals surface area contributed by atoms with E-state index in [2.05, 4.69) is 12.2 Å². The molecule has 3 N–H and O–H groups in total. The summed E-state index contributed by atoms with van der Waals surface area (Å²) in [6.45, 7) is 8.52. The van der Waals surface area contributed by atoms with Crippen LogP contribution in [0, 0.1) is 0 Å². The summed E-state index contributed by atoms with van der Waals surface area (Å²) < 4.78 is 5.76. The van der Waals surface area contributed by atoms with Gasteiger partial charge in [0.15, 0.2) is 11.5 Å². The SMILES string of the molecule is CCCCCCNc1sc(C(C)=O)c(N)c1OC(C)C. The number of carbonyl (C=O) groups excluding carboxylic acids is 1. The number of nitrogen functional groups attached to an aromatic ring is 1. The molecule has 0 amide bonds. The number of carbonyl (C=O) groups is 1. The van der Waals surface area contributed by atoms with E-state index in [0.29, 0.717) is 16.3 Å². The highest BCUT2D eigenvalue weighted by atomic mass is 32.1. The number of rotatable bonds is 9. The van der Waals surface area contributed by atoms with E-state index in [-0.39, 0.29) is 11.9 Å². The van der Waals surface area contributed by atoms with Crippen LogP contribution in [0.25, 0.3) is 0 Å². The van der Waals surface area contributed by atoms with Crippen molar-refractivity contribution < 1.29 is 9.53 Å². The van der Waals surface area contributed by atoms with E-state index >= 15 is 0 Å². The fourth-order valence-corrected chi connectivity index (χ4v) is 2.89. The van der Waals surface area contributed by atoms with Gasteiger partial charge in [-0.15, -0.1) is 11.3 Å². The molecule has 114 valence electrons. The monoisotopic (exact) mass is 298 g/mol. The summed E-state index contributed by atoms with van der Waals surface area (Å²) in [5, 5.41) is 4.23. The van der Waals surface area contributed by atoms with Crippen LogP contribution in [0.2, 0.25) is 0 Å². The highest BCUT2D eigenvalue weighted by Crippen LogP contribution is 2.43. The van der Waals surface area contributed by atoms with Crippen LogP contribution in [0.15, 0.2) is 0 Å². The van der Waals surface area contributed by atoms with Crippen molar-refractivity contribution in [2.75, 3.05) is 17.6 Å². The molecule has 0 aliphatic rings. The standard InChI is InChI=1S/C15H26N2O2S/c1-5-6-7-8-9-17-15-13(19-10(2)3)12(16)14(20-15)11(4)18/h10,17H,5-9,16H2,1-4H3. The summed E-state index contributed by atoms with van der Waals surface area (Å²) in [4.78, 5) is 12.2. The number of ether oxygens (including phenoxy) is 1. The molecule has 1 rings (SSSR count). The Morgan fingerprint density at radius 2 is 2.05 bits per heavy atom. The third-order valence-corrected chi connectivity index (χ3v) is 4.13. The minimum Gasteiger partial charge on any atom is -0.486 e. The Morgan fingerprint density at radius 3 is 2.60 bits per heavy atom. The third kappa shape index (κ3) is 4.71. The van der Waals surface area contributed by atoms with Crippen LogP contribution < -0.4 is 15.8 Å². The number of nitrogens with two attached hydrogens (primary N) is 1. The summed E-state index contributed by atoms with van der Waals surface area (Å²) in [6, 6.07) is 0. The molecule has 1 aromatic rings. The number of unbranched alkanes of at least 4 members (excludes halogenated alkanes) is 3. The van der Waals surface area contributed by atoms with E-state index in [1.807, 2.05) is 13.8 Å². The van der Waals surface area contributed by atoms with Crippen LogP contribution in [0.4, 0.5) is 10.7 Å². The lowest BCUT2D eigenvalue weighted by molar-refractivity contribution is 0.102. The second-order valence-electron chi connectivity index (χ2n) is 5.21. The van der Waals surface area contributed by atoms with Gasteiger partial charge in [0, 0.05) is 13.5 Å². The van der Waals surface area contributed by atoms with Crippen molar-refractivity contribution in [1.29, 1.82) is 0 Å². The molecule has 0 aliphatic carbocycles. The summed E-state index contributed by atoms with van der Waals surface area (Å²) >= 11 is 1.39. The molecule has 1 heterocycles. The maximum Gasteiger partial charge on any atom is 0.177 e. The van der Waals surface area contributed by atoms with Crippen LogP contribution in [0.5, 0.6) is 5.75 Å². The van der Waals surface area contributed by atoms with E-state index < -0.39 is 0 Å². The molecule has 5 heteroatoms. The summed E-state index contributed by atoms with van der Waals surface area (Å²) in [7, 11) is 0. The average molecular weight is 298 g/mol. The van der Waals surface area contributed by atoms with Crippen LogP contribution >= 0.6 is 11.3 Å². The zero-order valence-electron chi connectivity index (χ0n) is 12.9. The number of Topliss-reactive ketones (excluding diaryl/α,β-unsaturated/α-hetero) is 1. The van der Waals surface area contributed by atoms with Gasteiger partial charge in [0.25, 0.3) is 0 Å². The first-order valence-electron chi connectivity index (χ1n) is 7.31. The minimum absolute atomic E-state index is 0.0138. The van der Waals surface area contributed by atoms with Crippen LogP contribution in [0.3, 0.4) is 0 Å². The number of hydrogen-bond donors (Lipinski definition) is 2. The molecular weight excluding hydrogens is 272 g/mol. The molecule has 0 spiro atoms. The van der Waals surface area contributed by atoms with Gasteiger partial charge in [0.1, 0.15) is 5.00 Å². The molecule has 0 bridgehead atoms. The predicted octanol–water partition coefficient (Wildman–Crippen LogP) is 4.31. The first-order chi connectivity index (χ1) is 9.47. The van der Waals surface area contributed by atoms with E-state index in [1.54, 1.807) is 0 Å². The Hall–Kier alpha value is -1.23. The lowest BCUT2D eigenvalue weighted by atomic mass is 10.2. The number of nitrogens with one attached hydrogen (secondary N) is 1. The van der Waals surface area contributed by atoms with Gasteiger partial charge in [-0.25, -0.2) is 0 Å². The second-order valence-corrected chi connectivity index (χ2v) is 6.23. The van der Waals surface area contributed by atoms with E-state index in [9.17, 15) is 4.79 Å². The number of hydrogen-bond acceptors (Lipinski definition) is 5. The molecule has 0 atom stereocenters. The fraction of sp³-hybridized carbons (Fsp3) is 0.667. The van der Waals surface area contributed by atoms with Crippen molar-refractivity contribution in [2.24, 2.45) is 0 Å². The summed E-state index contributed by atoms with van der Waals surface area (Å²) in [5.74, 6) is 0.617. The first kappa shape index (κ1) is 16.8. The maximum absolute atomic E-state index is 11.6. The molecule has 0 radical (unpaired) electrons. The topological polar surface area (TPSA) is 64.4 Å². The van der Waals surface area contributed by atoms with Gasteiger partial charge in [0.2, 0.25) is 0 Å². The van der Waals surface area contributed by atoms with Crippen LogP contribution in [-0.2, 0) is 0 Å². The highest BCUT2D eigenvalue weighted by Gasteiger charge is 2.20. The minimum atomic E-state index is -0.0138. The normalized spacial score (nSPS) is 10.8. The van der Waals surface area contributed by atoms with Crippen molar-refractivity contribution in [3.63, 3.8) is 0 Å². The van der Waals surface area contributed by atoms with Gasteiger partial charge in [-0.1, -0.05) is 26.2 Å². The van der Waals surface area contributed by atoms with Gasteiger partial charge in [-0.05, 0) is 20.3 Å². The number of thiophene rings is 1. The Kier molecular flexibility index (Phi) is 6.85. The third-order valence-electron chi connectivity index (χ3n) is 2.89. The van der Waals surface area contributed by atoms with Crippen molar-refractivity contribution in [3.8, 4) is 5.75 Å². The second kappa shape index (κ2) is 8.15. The number of ketones is 1. The van der Waals surface area contributed by atoms with E-state index in [4.69, 9.17) is 10.5 Å². The molecule has 0 fully saturated rings. The highest BCUT2D eigenvalue weighted by molar-refractivity contribution is 7.19. The fourth-order valence-electron chi connectivity index (χ4n) is 1.91. The van der Waals surface area contributed by atoms with Crippen LogP contribution in [0.1, 0.15) is 63.0 Å². The summed E-state index contributed by atoms with van der Waals surface area (Å²) in [5.41, 5.74) is 6.49. The predicted molar refractivity (Wildman–Crippen MR) is 87.1 cm³/mol. The smallest absolute Gasteiger partial charge is 0.177 e. The first-order valence-corrected chi connectivity index (χ1v) is 8.12. The van der Waals surface area contributed by atoms with Crippen molar-refractivity contribution in [2.45, 2.75) is 59.5 Å². The lowest BCUT2D eigenvalue weighted by Gasteiger charge is -2.12. The Balaban J connectivity index is 2.76. The molecular formula is C15H26N2O2S. The molecule has 0 aliphatic heterocycles. The van der Waals surface area contributed by atoms with Crippen molar-refractivity contribution in [1.82, 2.24) is 0 Å². The number of anilines is 2. The Morgan fingerprint density at radius 1 is 1.35 bits per heavy atom. The van der Waals surface area contributed by atoms with Gasteiger partial charge in [-0.3, -0.25) is 4.79 Å². The molecule has 1 aromatic heterocycles. The molecule has 0 saturated heterocycles. The zero-order valence-corrected chi connectivity index (χ0v) is 13.7. The zero-order chi connectivity index (χ0) is 15.1. The lowest BCUT2D eigenvalue weighted by Crippen LogP contribution is -2.09. The van der Waals surface area contributed by atoms with E-state index in [1.165, 1.54) is 37.5 Å². The Bertz CT molecular complexity index is 441. The van der Waals surface area contributed by atoms with Crippen LogP contribution in [-0.4, -0.2) is 18.4 Å². The molecule has 0 unspecified atom stereocenters. The largest absolute Gasteiger partial charge is 0.486 e. The van der Waals surface area contributed by atoms with Gasteiger partial charge in [0.05, 0.1) is 16.7 Å². The van der Waals surface area contributed by atoms with Gasteiger partial charge < -0.3 is 15.8 Å².